The average Bonchev–Trinajstić information content (AvgIpc) is 2.81. The van der Waals surface area contributed by atoms with Gasteiger partial charge in [-0.15, -0.1) is 0 Å². The summed E-state index contributed by atoms with van der Waals surface area (Å²) in [5, 5.41) is 3.69. The van der Waals surface area contributed by atoms with E-state index >= 15 is 0 Å². The number of fused-ring (bicyclic) bond motifs is 1. The molecule has 0 amide bonds. The van der Waals surface area contributed by atoms with E-state index in [1.54, 1.807) is 0 Å². The van der Waals surface area contributed by atoms with Gasteiger partial charge in [-0.1, -0.05) is 0 Å². The van der Waals surface area contributed by atoms with Crippen molar-refractivity contribution in [3.05, 3.63) is 0 Å². The summed E-state index contributed by atoms with van der Waals surface area (Å²) < 4.78 is 5.33. The molecule has 2 aliphatic heterocycles. The number of rotatable bonds is 6. The minimum atomic E-state index is 0.758. The number of ether oxygens (including phenoxy) is 1. The third-order valence-electron chi connectivity index (χ3n) is 3.68. The van der Waals surface area contributed by atoms with E-state index in [0.29, 0.717) is 0 Å². The molecule has 15 heavy (non-hydrogen) atoms. The van der Waals surface area contributed by atoms with Crippen molar-refractivity contribution in [3.63, 3.8) is 0 Å². The Morgan fingerprint density at radius 3 is 3.13 bits per heavy atom. The van der Waals surface area contributed by atoms with Crippen molar-refractivity contribution in [3.8, 4) is 0 Å². The first-order chi connectivity index (χ1) is 7.42. The Morgan fingerprint density at radius 2 is 2.27 bits per heavy atom. The molecule has 2 atom stereocenters. The molecule has 1 N–H and O–H groups in total. The Bertz CT molecular complexity index is 186. The van der Waals surface area contributed by atoms with Gasteiger partial charge in [0, 0.05) is 31.8 Å². The Morgan fingerprint density at radius 1 is 1.33 bits per heavy atom. The van der Waals surface area contributed by atoms with E-state index in [-0.39, 0.29) is 0 Å². The van der Waals surface area contributed by atoms with Crippen LogP contribution in [0.2, 0.25) is 0 Å². The van der Waals surface area contributed by atoms with Gasteiger partial charge in [-0.25, -0.2) is 0 Å². The van der Waals surface area contributed by atoms with Crippen molar-refractivity contribution < 1.29 is 4.74 Å². The van der Waals surface area contributed by atoms with Crippen molar-refractivity contribution in [2.24, 2.45) is 0 Å². The third kappa shape index (κ3) is 2.92. The molecule has 3 heteroatoms. The minimum absolute atomic E-state index is 0.758. The topological polar surface area (TPSA) is 24.5 Å². The lowest BCUT2D eigenvalue weighted by atomic mass is 10.1. The van der Waals surface area contributed by atoms with Crippen LogP contribution in [0.5, 0.6) is 0 Å². The zero-order valence-electron chi connectivity index (χ0n) is 9.87. The second-order valence-corrected chi connectivity index (χ2v) is 4.65. The molecule has 0 spiro atoms. The average molecular weight is 212 g/mol. The summed E-state index contributed by atoms with van der Waals surface area (Å²) in [4.78, 5) is 2.65. The van der Waals surface area contributed by atoms with E-state index in [1.807, 2.05) is 0 Å². The third-order valence-corrected chi connectivity index (χ3v) is 3.68. The van der Waals surface area contributed by atoms with Crippen LogP contribution in [0.1, 0.15) is 32.6 Å². The monoisotopic (exact) mass is 212 g/mol. The lowest BCUT2D eigenvalue weighted by molar-refractivity contribution is 0.143. The predicted octanol–water partition coefficient (Wildman–Crippen LogP) is 1.24. The first-order valence-electron chi connectivity index (χ1n) is 6.47. The van der Waals surface area contributed by atoms with Gasteiger partial charge in [0.1, 0.15) is 0 Å². The molecule has 0 saturated carbocycles. The number of nitrogens with zero attached hydrogens (tertiary/aromatic N) is 1. The molecule has 0 aromatic rings. The zero-order chi connectivity index (χ0) is 10.5. The molecule has 3 nitrogen and oxygen atoms in total. The van der Waals surface area contributed by atoms with Crippen LogP contribution >= 0.6 is 0 Å². The van der Waals surface area contributed by atoms with E-state index in [0.717, 1.165) is 38.3 Å². The quantitative estimate of drug-likeness (QED) is 0.670. The smallest absolute Gasteiger partial charge is 0.0477 e. The highest BCUT2D eigenvalue weighted by molar-refractivity contribution is 4.95. The predicted molar refractivity (Wildman–Crippen MR) is 62.1 cm³/mol. The van der Waals surface area contributed by atoms with Gasteiger partial charge in [-0.05, 0) is 45.7 Å². The molecular weight excluding hydrogens is 188 g/mol. The molecule has 88 valence electrons. The van der Waals surface area contributed by atoms with E-state index < -0.39 is 0 Å². The van der Waals surface area contributed by atoms with Crippen LogP contribution in [0, 0.1) is 0 Å². The maximum atomic E-state index is 5.33. The van der Waals surface area contributed by atoms with Crippen molar-refractivity contribution in [1.82, 2.24) is 10.2 Å². The molecule has 0 aliphatic carbocycles. The van der Waals surface area contributed by atoms with Crippen LogP contribution in [0.4, 0.5) is 0 Å². The standard InChI is InChI=1S/C12H24N2O/c1-2-15-10-4-7-13-11-6-9-14-8-3-5-12(11)14/h11-13H,2-10H2,1H3. The molecule has 2 saturated heterocycles. The van der Waals surface area contributed by atoms with Gasteiger partial charge in [0.05, 0.1) is 0 Å². The second kappa shape index (κ2) is 5.83. The first kappa shape index (κ1) is 11.4. The molecule has 2 fully saturated rings. The molecule has 0 bridgehead atoms. The van der Waals surface area contributed by atoms with Crippen LogP contribution < -0.4 is 5.32 Å². The fourth-order valence-electron chi connectivity index (χ4n) is 2.93. The van der Waals surface area contributed by atoms with Crippen molar-refractivity contribution in [2.45, 2.75) is 44.7 Å². The van der Waals surface area contributed by atoms with Crippen LogP contribution in [-0.4, -0.2) is 49.8 Å². The molecule has 0 radical (unpaired) electrons. The van der Waals surface area contributed by atoms with E-state index in [2.05, 4.69) is 17.1 Å². The van der Waals surface area contributed by atoms with E-state index in [9.17, 15) is 0 Å². The summed E-state index contributed by atoms with van der Waals surface area (Å²) in [6.45, 7) is 7.58. The van der Waals surface area contributed by atoms with Crippen LogP contribution in [-0.2, 0) is 4.74 Å². The highest BCUT2D eigenvalue weighted by Crippen LogP contribution is 2.27. The lowest BCUT2D eigenvalue weighted by Gasteiger charge is -2.21. The summed E-state index contributed by atoms with van der Waals surface area (Å²) in [6.07, 6.45) is 5.31. The molecule has 2 unspecified atom stereocenters. The van der Waals surface area contributed by atoms with E-state index in [1.165, 1.54) is 32.4 Å². The SMILES string of the molecule is CCOCCCNC1CCN2CCCC12. The maximum Gasteiger partial charge on any atom is 0.0477 e. The Kier molecular flexibility index (Phi) is 4.42. The first-order valence-corrected chi connectivity index (χ1v) is 6.47. The van der Waals surface area contributed by atoms with Crippen LogP contribution in [0.3, 0.4) is 0 Å². The summed E-state index contributed by atoms with van der Waals surface area (Å²) in [5.41, 5.74) is 0. The van der Waals surface area contributed by atoms with Gasteiger partial charge in [0.15, 0.2) is 0 Å². The maximum absolute atomic E-state index is 5.33. The highest BCUT2D eigenvalue weighted by atomic mass is 16.5. The van der Waals surface area contributed by atoms with Crippen LogP contribution in [0.15, 0.2) is 0 Å². The molecule has 0 aromatic heterocycles. The Balaban J connectivity index is 1.59. The van der Waals surface area contributed by atoms with Gasteiger partial charge in [0.2, 0.25) is 0 Å². The fourth-order valence-corrected chi connectivity index (χ4v) is 2.93. The zero-order valence-corrected chi connectivity index (χ0v) is 9.87. The van der Waals surface area contributed by atoms with Gasteiger partial charge in [0.25, 0.3) is 0 Å². The molecular formula is C12H24N2O. The number of hydrogen-bond donors (Lipinski definition) is 1. The molecule has 2 aliphatic rings. The summed E-state index contributed by atoms with van der Waals surface area (Å²) in [7, 11) is 0. The molecule has 2 rings (SSSR count). The number of hydrogen-bond acceptors (Lipinski definition) is 3. The molecule has 2 heterocycles. The summed E-state index contributed by atoms with van der Waals surface area (Å²) in [6, 6.07) is 1.60. The minimum Gasteiger partial charge on any atom is -0.382 e. The Hall–Kier alpha value is -0.120. The van der Waals surface area contributed by atoms with Gasteiger partial charge in [-0.2, -0.15) is 0 Å². The van der Waals surface area contributed by atoms with Gasteiger partial charge < -0.3 is 10.1 Å². The highest BCUT2D eigenvalue weighted by Gasteiger charge is 2.36. The van der Waals surface area contributed by atoms with Crippen molar-refractivity contribution in [2.75, 3.05) is 32.8 Å². The van der Waals surface area contributed by atoms with Crippen LogP contribution in [0.25, 0.3) is 0 Å². The van der Waals surface area contributed by atoms with Crippen molar-refractivity contribution >= 4 is 0 Å². The molecule has 0 aromatic carbocycles. The second-order valence-electron chi connectivity index (χ2n) is 4.65. The van der Waals surface area contributed by atoms with Gasteiger partial charge in [-0.3, -0.25) is 4.90 Å². The van der Waals surface area contributed by atoms with Gasteiger partial charge >= 0.3 is 0 Å². The largest absolute Gasteiger partial charge is 0.382 e. The Labute approximate surface area is 93.2 Å². The fraction of sp³-hybridized carbons (Fsp3) is 1.00. The lowest BCUT2D eigenvalue weighted by Crippen LogP contribution is -2.39. The normalized spacial score (nSPS) is 31.0. The summed E-state index contributed by atoms with van der Waals surface area (Å²) in [5.74, 6) is 0. The van der Waals surface area contributed by atoms with E-state index in [4.69, 9.17) is 4.74 Å². The number of nitrogens with one attached hydrogen (secondary N) is 1. The summed E-state index contributed by atoms with van der Waals surface area (Å²) >= 11 is 0. The van der Waals surface area contributed by atoms with Crippen molar-refractivity contribution in [1.29, 1.82) is 0 Å².